The summed E-state index contributed by atoms with van der Waals surface area (Å²) in [4.78, 5) is 24.4. The maximum absolute atomic E-state index is 11.7. The molecule has 7 heteroatoms. The molecule has 19 heavy (non-hydrogen) atoms. The Hall–Kier alpha value is -1.71. The predicted molar refractivity (Wildman–Crippen MR) is 74.5 cm³/mol. The molecule has 2 amide bonds. The van der Waals surface area contributed by atoms with E-state index in [0.717, 1.165) is 9.78 Å². The number of terminal acetylenes is 1. The maximum atomic E-state index is 11.7. The molecule has 0 aliphatic heterocycles. The number of rotatable bonds is 6. The molecular weight excluding hydrogens is 288 g/mol. The fraction of sp³-hybridized carbons (Fsp3) is 0.333. The highest BCUT2D eigenvalue weighted by Crippen LogP contribution is 2.21. The van der Waals surface area contributed by atoms with Gasteiger partial charge in [0, 0.05) is 11.4 Å². The summed E-state index contributed by atoms with van der Waals surface area (Å²) < 4.78 is 0.696. The van der Waals surface area contributed by atoms with Gasteiger partial charge in [-0.05, 0) is 18.6 Å². The molecule has 1 heterocycles. The summed E-state index contributed by atoms with van der Waals surface area (Å²) in [5.74, 6) is 1.15. The summed E-state index contributed by atoms with van der Waals surface area (Å²) in [6, 6.07) is 3.19. The van der Waals surface area contributed by atoms with Gasteiger partial charge in [0.2, 0.25) is 0 Å². The number of nitrogens with zero attached hydrogens (tertiary/aromatic N) is 1. The van der Waals surface area contributed by atoms with Crippen molar-refractivity contribution in [3.8, 4) is 12.3 Å². The zero-order chi connectivity index (χ0) is 14.3. The Morgan fingerprint density at radius 3 is 2.79 bits per heavy atom. The second-order valence-electron chi connectivity index (χ2n) is 3.64. The van der Waals surface area contributed by atoms with Crippen molar-refractivity contribution in [1.82, 2.24) is 10.2 Å². The molecule has 0 fully saturated rings. The molecule has 0 spiro atoms. The third kappa shape index (κ3) is 5.64. The number of hydrogen-bond donors (Lipinski definition) is 2. The van der Waals surface area contributed by atoms with Gasteiger partial charge in [0.05, 0.1) is 10.9 Å². The summed E-state index contributed by atoms with van der Waals surface area (Å²) >= 11 is 7.23. The molecule has 1 aromatic heterocycles. The quantitative estimate of drug-likeness (QED) is 0.785. The van der Waals surface area contributed by atoms with Crippen molar-refractivity contribution in [1.29, 1.82) is 0 Å². The number of carboxylic acid groups (broad SMARTS) is 1. The number of urea groups is 1. The van der Waals surface area contributed by atoms with E-state index in [1.54, 1.807) is 6.07 Å². The molecule has 1 rings (SSSR count). The van der Waals surface area contributed by atoms with Crippen LogP contribution in [0.2, 0.25) is 4.34 Å². The van der Waals surface area contributed by atoms with Crippen molar-refractivity contribution < 1.29 is 14.7 Å². The van der Waals surface area contributed by atoms with E-state index in [9.17, 15) is 9.59 Å². The minimum Gasteiger partial charge on any atom is -0.480 e. The second kappa shape index (κ2) is 7.67. The largest absolute Gasteiger partial charge is 0.480 e. The smallest absolute Gasteiger partial charge is 0.323 e. The Balaban J connectivity index is 2.39. The molecule has 0 atom stereocenters. The van der Waals surface area contributed by atoms with Gasteiger partial charge in [-0.3, -0.25) is 4.79 Å². The first kappa shape index (κ1) is 15.3. The van der Waals surface area contributed by atoms with Crippen LogP contribution in [-0.4, -0.2) is 41.6 Å². The first-order chi connectivity index (χ1) is 9.02. The van der Waals surface area contributed by atoms with Gasteiger partial charge in [0.25, 0.3) is 0 Å². The topological polar surface area (TPSA) is 69.6 Å². The maximum Gasteiger partial charge on any atom is 0.323 e. The van der Waals surface area contributed by atoms with Crippen LogP contribution in [0.4, 0.5) is 4.79 Å². The molecule has 0 radical (unpaired) electrons. The van der Waals surface area contributed by atoms with E-state index in [-0.39, 0.29) is 6.54 Å². The van der Waals surface area contributed by atoms with Crippen molar-refractivity contribution in [3.63, 3.8) is 0 Å². The standard InChI is InChI=1S/C12H13ClN2O3S/c1-2-7-15(8-11(16)17)12(18)14-6-5-9-3-4-10(13)19-9/h1,3-4H,5-8H2,(H,14,18)(H,16,17). The van der Waals surface area contributed by atoms with Crippen LogP contribution >= 0.6 is 22.9 Å². The van der Waals surface area contributed by atoms with Crippen molar-refractivity contribution in [3.05, 3.63) is 21.3 Å². The lowest BCUT2D eigenvalue weighted by Crippen LogP contribution is -2.43. The average molecular weight is 301 g/mol. The highest BCUT2D eigenvalue weighted by molar-refractivity contribution is 7.16. The summed E-state index contributed by atoms with van der Waals surface area (Å²) in [5, 5.41) is 11.3. The Morgan fingerprint density at radius 2 is 2.26 bits per heavy atom. The third-order valence-corrected chi connectivity index (χ3v) is 3.46. The minimum absolute atomic E-state index is 0.0387. The Labute approximate surface area is 120 Å². The molecule has 0 saturated carbocycles. The number of carbonyl (C=O) groups is 2. The van der Waals surface area contributed by atoms with Crippen LogP contribution in [-0.2, 0) is 11.2 Å². The molecule has 0 saturated heterocycles. The van der Waals surface area contributed by atoms with Crippen LogP contribution in [0.15, 0.2) is 12.1 Å². The fourth-order valence-electron chi connectivity index (χ4n) is 1.36. The first-order valence-corrected chi connectivity index (χ1v) is 6.64. The van der Waals surface area contributed by atoms with Crippen LogP contribution in [0.3, 0.4) is 0 Å². The number of aliphatic carboxylic acids is 1. The lowest BCUT2D eigenvalue weighted by Gasteiger charge is -2.18. The zero-order valence-electron chi connectivity index (χ0n) is 10.1. The molecule has 0 unspecified atom stereocenters. The Kier molecular flexibility index (Phi) is 6.19. The van der Waals surface area contributed by atoms with E-state index in [4.69, 9.17) is 23.1 Å². The normalized spacial score (nSPS) is 9.68. The van der Waals surface area contributed by atoms with Crippen molar-refractivity contribution in [2.75, 3.05) is 19.6 Å². The second-order valence-corrected chi connectivity index (χ2v) is 5.44. The predicted octanol–water partition coefficient (Wildman–Crippen LogP) is 1.67. The van der Waals surface area contributed by atoms with Crippen molar-refractivity contribution in [2.45, 2.75) is 6.42 Å². The molecular formula is C12H13ClN2O3S. The van der Waals surface area contributed by atoms with E-state index >= 15 is 0 Å². The van der Waals surface area contributed by atoms with Gasteiger partial charge in [-0.25, -0.2) is 4.79 Å². The molecule has 0 aliphatic carbocycles. The van der Waals surface area contributed by atoms with Gasteiger partial charge in [0.1, 0.15) is 6.54 Å². The summed E-state index contributed by atoms with van der Waals surface area (Å²) in [6.07, 6.45) is 5.73. The zero-order valence-corrected chi connectivity index (χ0v) is 11.6. The SMILES string of the molecule is C#CCN(CC(=O)O)C(=O)NCCc1ccc(Cl)s1. The monoisotopic (exact) mass is 300 g/mol. The van der Waals surface area contributed by atoms with Crippen LogP contribution in [0.1, 0.15) is 4.88 Å². The molecule has 5 nitrogen and oxygen atoms in total. The summed E-state index contributed by atoms with van der Waals surface area (Å²) in [6.45, 7) is -0.0554. The lowest BCUT2D eigenvalue weighted by atomic mass is 10.3. The van der Waals surface area contributed by atoms with E-state index < -0.39 is 18.5 Å². The van der Waals surface area contributed by atoms with Gasteiger partial charge in [-0.2, -0.15) is 0 Å². The van der Waals surface area contributed by atoms with E-state index in [2.05, 4.69) is 11.2 Å². The molecule has 0 aliphatic rings. The molecule has 2 N–H and O–H groups in total. The van der Waals surface area contributed by atoms with Gasteiger partial charge in [-0.15, -0.1) is 17.8 Å². The number of nitrogens with one attached hydrogen (secondary N) is 1. The number of thiophene rings is 1. The fourth-order valence-corrected chi connectivity index (χ4v) is 2.45. The number of hydrogen-bond acceptors (Lipinski definition) is 3. The lowest BCUT2D eigenvalue weighted by molar-refractivity contribution is -0.137. The minimum atomic E-state index is -1.10. The molecule has 102 valence electrons. The third-order valence-electron chi connectivity index (χ3n) is 2.17. The highest BCUT2D eigenvalue weighted by atomic mass is 35.5. The van der Waals surface area contributed by atoms with Gasteiger partial charge in [-0.1, -0.05) is 17.5 Å². The number of carbonyl (C=O) groups excluding carboxylic acids is 1. The first-order valence-electron chi connectivity index (χ1n) is 5.45. The summed E-state index contributed by atoms with van der Waals surface area (Å²) in [5.41, 5.74) is 0. The van der Waals surface area contributed by atoms with Gasteiger partial charge in [0.15, 0.2) is 0 Å². The van der Waals surface area contributed by atoms with Crippen molar-refractivity contribution in [2.24, 2.45) is 0 Å². The van der Waals surface area contributed by atoms with Crippen LogP contribution in [0.25, 0.3) is 0 Å². The van der Waals surface area contributed by atoms with Gasteiger partial charge >= 0.3 is 12.0 Å². The van der Waals surface area contributed by atoms with E-state index in [0.29, 0.717) is 17.3 Å². The van der Waals surface area contributed by atoms with Crippen LogP contribution in [0, 0.1) is 12.3 Å². The van der Waals surface area contributed by atoms with E-state index in [1.807, 2.05) is 6.07 Å². The number of halogens is 1. The molecule has 0 aromatic carbocycles. The van der Waals surface area contributed by atoms with Crippen LogP contribution in [0.5, 0.6) is 0 Å². The van der Waals surface area contributed by atoms with E-state index in [1.165, 1.54) is 11.3 Å². The van der Waals surface area contributed by atoms with Gasteiger partial charge < -0.3 is 15.3 Å². The van der Waals surface area contributed by atoms with Crippen LogP contribution < -0.4 is 5.32 Å². The molecule has 0 bridgehead atoms. The number of carboxylic acids is 1. The Morgan fingerprint density at radius 1 is 1.53 bits per heavy atom. The number of amides is 2. The summed E-state index contributed by atoms with van der Waals surface area (Å²) in [7, 11) is 0. The highest BCUT2D eigenvalue weighted by Gasteiger charge is 2.14. The molecule has 1 aromatic rings. The Bertz CT molecular complexity index is 495. The van der Waals surface area contributed by atoms with Crippen molar-refractivity contribution >= 4 is 34.9 Å². The average Bonchev–Trinajstić information content (AvgIpc) is 2.74.